The van der Waals surface area contributed by atoms with Crippen LogP contribution in [0.4, 0.5) is 5.69 Å². The maximum absolute atomic E-state index is 12.7. The molecule has 1 aliphatic heterocycles. The summed E-state index contributed by atoms with van der Waals surface area (Å²) in [6.07, 6.45) is 0. The Morgan fingerprint density at radius 2 is 1.81 bits per heavy atom. The van der Waals surface area contributed by atoms with Gasteiger partial charge in [0.1, 0.15) is 5.76 Å². The monoisotopic (exact) mass is 489 g/mol. The Balaban J connectivity index is 1.27. The van der Waals surface area contributed by atoms with E-state index in [4.69, 9.17) is 27.6 Å². The van der Waals surface area contributed by atoms with E-state index in [2.05, 4.69) is 16.8 Å². The van der Waals surface area contributed by atoms with Gasteiger partial charge in [0.15, 0.2) is 0 Å². The number of halogens is 2. The first-order valence-electron chi connectivity index (χ1n) is 10.5. The molecule has 0 N–H and O–H groups in total. The lowest BCUT2D eigenvalue weighted by Gasteiger charge is -2.37. The average Bonchev–Trinajstić information content (AvgIpc) is 3.16. The van der Waals surface area contributed by atoms with Gasteiger partial charge in [-0.05, 0) is 49.7 Å². The minimum absolute atomic E-state index is 0.161. The van der Waals surface area contributed by atoms with E-state index in [-0.39, 0.29) is 5.91 Å². The fraction of sp³-hybridized carbons (Fsp3) is 0.333. The molecular formula is C24H25Cl2N3O2S. The van der Waals surface area contributed by atoms with Gasteiger partial charge >= 0.3 is 0 Å². The van der Waals surface area contributed by atoms with Gasteiger partial charge in [-0.3, -0.25) is 4.79 Å². The Hall–Kier alpha value is -2.15. The number of thioether (sulfide) groups is 1. The van der Waals surface area contributed by atoms with E-state index in [9.17, 15) is 4.79 Å². The Bertz CT molecular complexity index is 1110. The first-order chi connectivity index (χ1) is 15.4. The molecule has 168 valence electrons. The van der Waals surface area contributed by atoms with Crippen LogP contribution in [-0.4, -0.2) is 47.7 Å². The third-order valence-corrected chi connectivity index (χ3v) is 6.97. The van der Waals surface area contributed by atoms with Gasteiger partial charge in [0.25, 0.3) is 0 Å². The highest BCUT2D eigenvalue weighted by Gasteiger charge is 2.22. The Morgan fingerprint density at radius 3 is 2.56 bits per heavy atom. The third-order valence-electron chi connectivity index (χ3n) is 5.57. The van der Waals surface area contributed by atoms with Crippen molar-refractivity contribution in [3.63, 3.8) is 0 Å². The molecule has 8 heteroatoms. The molecule has 5 nitrogen and oxygen atoms in total. The summed E-state index contributed by atoms with van der Waals surface area (Å²) in [6.45, 7) is 7.03. The molecule has 0 spiro atoms. The molecular weight excluding hydrogens is 465 g/mol. The quantitative estimate of drug-likeness (QED) is 0.434. The van der Waals surface area contributed by atoms with Crippen LogP contribution in [0.15, 0.2) is 46.9 Å². The highest BCUT2D eigenvalue weighted by atomic mass is 35.5. The van der Waals surface area contributed by atoms with Crippen molar-refractivity contribution >= 4 is 46.6 Å². The largest absolute Gasteiger partial charge is 0.441 e. The van der Waals surface area contributed by atoms with Crippen LogP contribution in [0.3, 0.4) is 0 Å². The highest BCUT2D eigenvalue weighted by molar-refractivity contribution is 7.99. The van der Waals surface area contributed by atoms with Gasteiger partial charge in [-0.15, -0.1) is 11.8 Å². The van der Waals surface area contributed by atoms with Crippen molar-refractivity contribution in [3.05, 3.63) is 69.5 Å². The van der Waals surface area contributed by atoms with Crippen LogP contribution in [0.5, 0.6) is 0 Å². The summed E-state index contributed by atoms with van der Waals surface area (Å²) in [7, 11) is 0. The third kappa shape index (κ3) is 5.42. The van der Waals surface area contributed by atoms with Crippen molar-refractivity contribution in [1.82, 2.24) is 9.88 Å². The minimum Gasteiger partial charge on any atom is -0.441 e. The normalized spacial score (nSPS) is 14.1. The van der Waals surface area contributed by atoms with Crippen molar-refractivity contribution in [1.29, 1.82) is 0 Å². The standard InChI is InChI=1S/C24H25Cl2N3O2S/c1-16-6-7-20(26)13-22(16)28-8-10-29(11-9-28)23(30)15-32-14-21-17(2)31-24(27-21)18-4-3-5-19(25)12-18/h3-7,12-13H,8-11,14-15H2,1-2H3. The molecule has 0 bridgehead atoms. The number of benzene rings is 2. The maximum atomic E-state index is 12.7. The molecule has 0 radical (unpaired) electrons. The summed E-state index contributed by atoms with van der Waals surface area (Å²) < 4.78 is 5.81. The number of amides is 1. The molecule has 2 heterocycles. The Labute approximate surface area is 202 Å². The summed E-state index contributed by atoms with van der Waals surface area (Å²) >= 11 is 13.8. The predicted octanol–water partition coefficient (Wildman–Crippen LogP) is 5.85. The van der Waals surface area contributed by atoms with E-state index in [0.29, 0.717) is 35.5 Å². The van der Waals surface area contributed by atoms with Crippen LogP contribution in [0.2, 0.25) is 10.0 Å². The van der Waals surface area contributed by atoms with Gasteiger partial charge in [-0.1, -0.05) is 35.3 Å². The van der Waals surface area contributed by atoms with Gasteiger partial charge in [-0.2, -0.15) is 0 Å². The van der Waals surface area contributed by atoms with Crippen molar-refractivity contribution in [2.75, 3.05) is 36.8 Å². The number of oxazole rings is 1. The number of rotatable bonds is 6. The van der Waals surface area contributed by atoms with Gasteiger partial charge in [0.2, 0.25) is 11.8 Å². The highest BCUT2D eigenvalue weighted by Crippen LogP contribution is 2.27. The molecule has 0 unspecified atom stereocenters. The van der Waals surface area contributed by atoms with Gasteiger partial charge in [0, 0.05) is 53.2 Å². The number of nitrogens with zero attached hydrogens (tertiary/aromatic N) is 3. The molecule has 1 amide bonds. The second kappa shape index (κ2) is 10.2. The number of aryl methyl sites for hydroxylation is 2. The fourth-order valence-corrected chi connectivity index (χ4v) is 5.03. The summed E-state index contributed by atoms with van der Waals surface area (Å²) in [5.41, 5.74) is 4.06. The topological polar surface area (TPSA) is 49.6 Å². The molecule has 0 atom stereocenters. The van der Waals surface area contributed by atoms with Gasteiger partial charge < -0.3 is 14.2 Å². The van der Waals surface area contributed by atoms with Crippen LogP contribution >= 0.6 is 35.0 Å². The minimum atomic E-state index is 0.161. The summed E-state index contributed by atoms with van der Waals surface area (Å²) in [4.78, 5) is 21.6. The smallest absolute Gasteiger partial charge is 0.232 e. The molecule has 2 aromatic carbocycles. The molecule has 1 aliphatic rings. The predicted molar refractivity (Wildman–Crippen MR) is 133 cm³/mol. The summed E-state index contributed by atoms with van der Waals surface area (Å²) in [5.74, 6) is 2.54. The van der Waals surface area contributed by atoms with Crippen molar-refractivity contribution in [2.24, 2.45) is 0 Å². The lowest BCUT2D eigenvalue weighted by molar-refractivity contribution is -0.128. The van der Waals surface area contributed by atoms with Gasteiger partial charge in [0.05, 0.1) is 11.4 Å². The molecule has 0 aliphatic carbocycles. The molecule has 1 fully saturated rings. The van der Waals surface area contributed by atoms with E-state index in [1.807, 2.05) is 54.3 Å². The van der Waals surface area contributed by atoms with E-state index >= 15 is 0 Å². The summed E-state index contributed by atoms with van der Waals surface area (Å²) in [6, 6.07) is 13.4. The summed E-state index contributed by atoms with van der Waals surface area (Å²) in [5, 5.41) is 1.38. The number of aromatic nitrogens is 1. The van der Waals surface area contributed by atoms with E-state index in [1.165, 1.54) is 5.56 Å². The van der Waals surface area contributed by atoms with E-state index in [1.54, 1.807) is 11.8 Å². The fourth-order valence-electron chi connectivity index (χ4n) is 3.75. The van der Waals surface area contributed by atoms with Crippen LogP contribution in [0.25, 0.3) is 11.5 Å². The van der Waals surface area contributed by atoms with Crippen LogP contribution in [0, 0.1) is 13.8 Å². The van der Waals surface area contributed by atoms with Crippen LogP contribution in [-0.2, 0) is 10.5 Å². The molecule has 32 heavy (non-hydrogen) atoms. The van der Waals surface area contributed by atoms with Crippen molar-refractivity contribution < 1.29 is 9.21 Å². The van der Waals surface area contributed by atoms with E-state index in [0.717, 1.165) is 40.8 Å². The number of carbonyl (C=O) groups excluding carboxylic acids is 1. The molecule has 4 rings (SSSR count). The first kappa shape index (κ1) is 23.0. The zero-order valence-corrected chi connectivity index (χ0v) is 20.4. The number of piperazine rings is 1. The number of carbonyl (C=O) groups is 1. The Morgan fingerprint density at radius 1 is 1.06 bits per heavy atom. The molecule has 3 aromatic rings. The van der Waals surface area contributed by atoms with Crippen molar-refractivity contribution in [3.8, 4) is 11.5 Å². The van der Waals surface area contributed by atoms with Crippen LogP contribution in [0.1, 0.15) is 17.0 Å². The number of anilines is 1. The lowest BCUT2D eigenvalue weighted by atomic mass is 10.1. The molecule has 1 aromatic heterocycles. The molecule has 0 saturated carbocycles. The second-order valence-electron chi connectivity index (χ2n) is 7.82. The molecule has 1 saturated heterocycles. The average molecular weight is 490 g/mol. The second-order valence-corrected chi connectivity index (χ2v) is 9.68. The number of hydrogen-bond acceptors (Lipinski definition) is 5. The Kier molecular flexibility index (Phi) is 7.33. The zero-order chi connectivity index (χ0) is 22.7. The first-order valence-corrected chi connectivity index (χ1v) is 12.4. The van der Waals surface area contributed by atoms with Crippen LogP contribution < -0.4 is 4.90 Å². The zero-order valence-electron chi connectivity index (χ0n) is 18.1. The number of hydrogen-bond donors (Lipinski definition) is 0. The maximum Gasteiger partial charge on any atom is 0.232 e. The van der Waals surface area contributed by atoms with E-state index < -0.39 is 0 Å². The van der Waals surface area contributed by atoms with Gasteiger partial charge in [-0.25, -0.2) is 4.98 Å². The SMILES string of the molecule is Cc1ccc(Cl)cc1N1CCN(C(=O)CSCc2nc(-c3cccc(Cl)c3)oc2C)CC1. The lowest BCUT2D eigenvalue weighted by Crippen LogP contribution is -2.49. The van der Waals surface area contributed by atoms with Crippen molar-refractivity contribution in [2.45, 2.75) is 19.6 Å².